The van der Waals surface area contributed by atoms with Gasteiger partial charge in [-0.3, -0.25) is 9.69 Å². The fourth-order valence-electron chi connectivity index (χ4n) is 3.20. The number of hydrogen-bond donors (Lipinski definition) is 2. The summed E-state index contributed by atoms with van der Waals surface area (Å²) in [5.41, 5.74) is 2.14. The molecule has 0 unspecified atom stereocenters. The van der Waals surface area contributed by atoms with Gasteiger partial charge in [0.1, 0.15) is 6.10 Å². The first-order chi connectivity index (χ1) is 11.3. The second-order valence-corrected chi connectivity index (χ2v) is 6.44. The topological polar surface area (TPSA) is 53.6 Å². The zero-order chi connectivity index (χ0) is 15.9. The van der Waals surface area contributed by atoms with Gasteiger partial charge in [-0.15, -0.1) is 0 Å². The molecule has 1 amide bonds. The van der Waals surface area contributed by atoms with Crippen LogP contribution in [-0.4, -0.2) is 49.7 Å². The van der Waals surface area contributed by atoms with Gasteiger partial charge in [-0.05, 0) is 43.6 Å². The summed E-state index contributed by atoms with van der Waals surface area (Å²) in [7, 11) is 0. The number of nitrogens with zero attached hydrogens (tertiary/aromatic N) is 1. The summed E-state index contributed by atoms with van der Waals surface area (Å²) in [6.45, 7) is 5.39. The van der Waals surface area contributed by atoms with Crippen LogP contribution in [0.4, 0.5) is 5.69 Å². The van der Waals surface area contributed by atoms with Crippen molar-refractivity contribution in [3.8, 4) is 0 Å². The van der Waals surface area contributed by atoms with Gasteiger partial charge in [-0.25, -0.2) is 0 Å². The SMILES string of the molecule is O=C(Nc1ccc(CN2CCCCCC2)cc1)[C@H]1CNCCO1. The molecule has 0 saturated carbocycles. The molecular weight excluding hydrogens is 290 g/mol. The van der Waals surface area contributed by atoms with E-state index in [0.29, 0.717) is 13.2 Å². The number of hydrogen-bond acceptors (Lipinski definition) is 4. The first kappa shape index (κ1) is 16.4. The highest BCUT2D eigenvalue weighted by Crippen LogP contribution is 2.15. The summed E-state index contributed by atoms with van der Waals surface area (Å²) >= 11 is 0. The normalized spacial score (nSPS) is 23.2. The van der Waals surface area contributed by atoms with Crippen molar-refractivity contribution in [2.24, 2.45) is 0 Å². The Morgan fingerprint density at radius 1 is 1.17 bits per heavy atom. The molecule has 2 fully saturated rings. The van der Waals surface area contributed by atoms with E-state index in [0.717, 1.165) is 18.8 Å². The second-order valence-electron chi connectivity index (χ2n) is 6.44. The molecule has 0 aromatic heterocycles. The van der Waals surface area contributed by atoms with Gasteiger partial charge in [0.2, 0.25) is 0 Å². The van der Waals surface area contributed by atoms with E-state index in [-0.39, 0.29) is 12.0 Å². The van der Waals surface area contributed by atoms with Crippen molar-refractivity contribution in [1.29, 1.82) is 0 Å². The summed E-state index contributed by atoms with van der Waals surface area (Å²) in [4.78, 5) is 14.7. The number of likely N-dealkylation sites (tertiary alicyclic amines) is 1. The molecule has 0 bridgehead atoms. The molecule has 23 heavy (non-hydrogen) atoms. The van der Waals surface area contributed by atoms with Gasteiger partial charge in [0.05, 0.1) is 6.61 Å². The first-order valence-corrected chi connectivity index (χ1v) is 8.76. The van der Waals surface area contributed by atoms with Crippen LogP contribution in [-0.2, 0) is 16.1 Å². The van der Waals surface area contributed by atoms with Gasteiger partial charge in [0.25, 0.3) is 5.91 Å². The van der Waals surface area contributed by atoms with Crippen molar-refractivity contribution in [2.45, 2.75) is 38.3 Å². The predicted octanol–water partition coefficient (Wildman–Crippen LogP) is 1.99. The molecule has 2 aliphatic heterocycles. The quantitative estimate of drug-likeness (QED) is 0.892. The molecule has 0 aliphatic carbocycles. The minimum atomic E-state index is -0.388. The Labute approximate surface area is 138 Å². The molecule has 1 aromatic carbocycles. The van der Waals surface area contributed by atoms with Gasteiger partial charge in [-0.1, -0.05) is 25.0 Å². The van der Waals surface area contributed by atoms with Crippen LogP contribution in [0.15, 0.2) is 24.3 Å². The minimum Gasteiger partial charge on any atom is -0.366 e. The molecular formula is C18H27N3O2. The monoisotopic (exact) mass is 317 g/mol. The maximum Gasteiger partial charge on any atom is 0.254 e. The number of carbonyl (C=O) groups excluding carboxylic acids is 1. The lowest BCUT2D eigenvalue weighted by atomic mass is 10.2. The number of amides is 1. The number of nitrogens with one attached hydrogen (secondary N) is 2. The van der Waals surface area contributed by atoms with E-state index in [4.69, 9.17) is 4.74 Å². The summed E-state index contributed by atoms with van der Waals surface area (Å²) in [6.07, 6.45) is 4.95. The van der Waals surface area contributed by atoms with Crippen molar-refractivity contribution >= 4 is 11.6 Å². The third-order valence-corrected chi connectivity index (χ3v) is 4.55. The fraction of sp³-hybridized carbons (Fsp3) is 0.611. The Balaban J connectivity index is 1.51. The third-order valence-electron chi connectivity index (χ3n) is 4.55. The zero-order valence-corrected chi connectivity index (χ0v) is 13.7. The Hall–Kier alpha value is -1.43. The first-order valence-electron chi connectivity index (χ1n) is 8.76. The van der Waals surface area contributed by atoms with Crippen molar-refractivity contribution in [3.63, 3.8) is 0 Å². The van der Waals surface area contributed by atoms with Gasteiger partial charge >= 0.3 is 0 Å². The lowest BCUT2D eigenvalue weighted by molar-refractivity contribution is -0.128. The lowest BCUT2D eigenvalue weighted by Crippen LogP contribution is -2.45. The molecule has 2 aliphatic rings. The molecule has 1 atom stereocenters. The number of anilines is 1. The fourth-order valence-corrected chi connectivity index (χ4v) is 3.20. The van der Waals surface area contributed by atoms with Gasteiger partial charge in [0, 0.05) is 25.3 Å². The maximum atomic E-state index is 12.1. The lowest BCUT2D eigenvalue weighted by Gasteiger charge is -2.23. The van der Waals surface area contributed by atoms with Crippen LogP contribution in [0.25, 0.3) is 0 Å². The van der Waals surface area contributed by atoms with Crippen molar-refractivity contribution < 1.29 is 9.53 Å². The van der Waals surface area contributed by atoms with Gasteiger partial charge < -0.3 is 15.4 Å². The number of ether oxygens (including phenoxy) is 1. The van der Waals surface area contributed by atoms with Crippen LogP contribution < -0.4 is 10.6 Å². The largest absolute Gasteiger partial charge is 0.366 e. The highest BCUT2D eigenvalue weighted by atomic mass is 16.5. The average molecular weight is 317 g/mol. The van der Waals surface area contributed by atoms with E-state index in [1.54, 1.807) is 0 Å². The van der Waals surface area contributed by atoms with E-state index in [1.807, 2.05) is 12.1 Å². The number of carbonyl (C=O) groups is 1. The highest BCUT2D eigenvalue weighted by molar-refractivity contribution is 5.94. The van der Waals surface area contributed by atoms with Crippen molar-refractivity contribution in [1.82, 2.24) is 10.2 Å². The number of rotatable bonds is 4. The van der Waals surface area contributed by atoms with Gasteiger partial charge in [-0.2, -0.15) is 0 Å². The van der Waals surface area contributed by atoms with Crippen LogP contribution in [0.1, 0.15) is 31.2 Å². The molecule has 2 heterocycles. The molecule has 3 rings (SSSR count). The molecule has 5 nitrogen and oxygen atoms in total. The summed E-state index contributed by atoms with van der Waals surface area (Å²) in [5.74, 6) is -0.0718. The predicted molar refractivity (Wildman–Crippen MR) is 91.4 cm³/mol. The minimum absolute atomic E-state index is 0.0718. The molecule has 126 valence electrons. The Bertz CT molecular complexity index is 489. The average Bonchev–Trinajstić information content (AvgIpc) is 2.86. The molecule has 2 N–H and O–H groups in total. The molecule has 0 radical (unpaired) electrons. The van der Waals surface area contributed by atoms with E-state index in [9.17, 15) is 4.79 Å². The van der Waals surface area contributed by atoms with Crippen molar-refractivity contribution in [3.05, 3.63) is 29.8 Å². The molecule has 1 aromatic rings. The summed E-state index contributed by atoms with van der Waals surface area (Å²) in [6, 6.07) is 8.20. The summed E-state index contributed by atoms with van der Waals surface area (Å²) < 4.78 is 5.47. The van der Waals surface area contributed by atoms with Crippen LogP contribution in [0.3, 0.4) is 0 Å². The van der Waals surface area contributed by atoms with Crippen LogP contribution >= 0.6 is 0 Å². The molecule has 2 saturated heterocycles. The van der Waals surface area contributed by atoms with Crippen LogP contribution in [0.5, 0.6) is 0 Å². The van der Waals surface area contributed by atoms with E-state index >= 15 is 0 Å². The third kappa shape index (κ3) is 5.03. The highest BCUT2D eigenvalue weighted by Gasteiger charge is 2.21. The van der Waals surface area contributed by atoms with Crippen LogP contribution in [0, 0.1) is 0 Å². The second kappa shape index (κ2) is 8.43. The van der Waals surface area contributed by atoms with E-state index in [2.05, 4.69) is 27.7 Å². The number of benzene rings is 1. The summed E-state index contributed by atoms with van der Waals surface area (Å²) in [5, 5.41) is 6.10. The molecule has 0 spiro atoms. The standard InChI is InChI=1S/C18H27N3O2/c22-18(17-13-19-9-12-23-17)20-16-7-5-15(6-8-16)14-21-10-3-1-2-4-11-21/h5-8,17,19H,1-4,9-14H2,(H,20,22)/t17-/m1/s1. The maximum absolute atomic E-state index is 12.1. The Morgan fingerprint density at radius 3 is 2.57 bits per heavy atom. The smallest absolute Gasteiger partial charge is 0.254 e. The Morgan fingerprint density at radius 2 is 1.91 bits per heavy atom. The van der Waals surface area contributed by atoms with Crippen molar-refractivity contribution in [2.75, 3.05) is 38.1 Å². The van der Waals surface area contributed by atoms with E-state index < -0.39 is 0 Å². The zero-order valence-electron chi connectivity index (χ0n) is 13.7. The van der Waals surface area contributed by atoms with E-state index in [1.165, 1.54) is 44.3 Å². The van der Waals surface area contributed by atoms with Gasteiger partial charge in [0.15, 0.2) is 0 Å². The Kier molecular flexibility index (Phi) is 6.02. The van der Waals surface area contributed by atoms with Crippen LogP contribution in [0.2, 0.25) is 0 Å². The number of morpholine rings is 1. The molecule has 5 heteroatoms.